The van der Waals surface area contributed by atoms with Crippen LogP contribution in [0.2, 0.25) is 0 Å². The molecule has 3 aromatic rings. The number of likely N-dealkylation sites (N-methyl/N-ethyl adjacent to an activating group) is 2. The largest absolute Gasteiger partial charge is 0.370 e. The first-order valence-electron chi connectivity index (χ1n) is 19.5. The van der Waals surface area contributed by atoms with Crippen LogP contribution in [0.25, 0.3) is 0 Å². The van der Waals surface area contributed by atoms with Crippen molar-refractivity contribution in [3.05, 3.63) is 70.8 Å². The number of nitrogens with one attached hydrogen (secondary N) is 3. The smallest absolute Gasteiger partial charge is 0.262 e. The van der Waals surface area contributed by atoms with Crippen LogP contribution in [0.15, 0.2) is 53.4 Å². The fourth-order valence-electron chi connectivity index (χ4n) is 6.36. The summed E-state index contributed by atoms with van der Waals surface area (Å²) in [6, 6.07) is 15.2. The van der Waals surface area contributed by atoms with Gasteiger partial charge in [0.05, 0.1) is 28.2 Å². The molecule has 0 unspecified atom stereocenters. The first-order valence-corrected chi connectivity index (χ1v) is 22.8. The van der Waals surface area contributed by atoms with Crippen LogP contribution in [0.1, 0.15) is 134 Å². The van der Waals surface area contributed by atoms with Crippen molar-refractivity contribution in [2.45, 2.75) is 123 Å². The summed E-state index contributed by atoms with van der Waals surface area (Å²) in [5.74, 6) is 0.0912. The predicted molar refractivity (Wildman–Crippen MR) is 228 cm³/mol. The summed E-state index contributed by atoms with van der Waals surface area (Å²) in [5.41, 5.74) is 6.87. The standard InChI is InChI=1S/C42H65N5O5S2/c1-12-14-15-16-17-18-41(48)44-40-28-34(45-54(51,52)42-36(30(5)6)26-33(29(3)4)27-37(42)31(7)8)19-21-39(40)43-38-22-20-35(25-32(38)9)47(13-2)24-23-46(10)53(11,49)50/h19-22,25-31,43,45H,12-18,23-24H2,1-11H3,(H,44,48). The number of sulfonamides is 2. The minimum Gasteiger partial charge on any atom is -0.370 e. The van der Waals surface area contributed by atoms with Crippen LogP contribution in [0, 0.1) is 6.92 Å². The minimum absolute atomic E-state index is 0.0145. The second kappa shape index (κ2) is 19.8. The number of unbranched alkanes of at least 4 members (excludes halogenated alkanes) is 4. The van der Waals surface area contributed by atoms with E-state index in [2.05, 4.69) is 41.0 Å². The number of amides is 1. The highest BCUT2D eigenvalue weighted by Crippen LogP contribution is 2.37. The third-order valence-corrected chi connectivity index (χ3v) is 12.7. The fourth-order valence-corrected chi connectivity index (χ4v) is 8.52. The molecular formula is C42H65N5O5S2. The van der Waals surface area contributed by atoms with E-state index in [0.717, 1.165) is 65.7 Å². The molecule has 0 aliphatic carbocycles. The summed E-state index contributed by atoms with van der Waals surface area (Å²) in [6.45, 7) is 20.1. The van der Waals surface area contributed by atoms with Crippen molar-refractivity contribution in [1.29, 1.82) is 0 Å². The Morgan fingerprint density at radius 2 is 1.35 bits per heavy atom. The highest BCUT2D eigenvalue weighted by Gasteiger charge is 2.27. The molecule has 3 N–H and O–H groups in total. The number of rotatable bonds is 21. The summed E-state index contributed by atoms with van der Waals surface area (Å²) in [4.78, 5) is 15.7. The minimum atomic E-state index is -4.01. The summed E-state index contributed by atoms with van der Waals surface area (Å²) < 4.78 is 56.7. The zero-order valence-corrected chi connectivity index (χ0v) is 36.1. The average Bonchev–Trinajstić information content (AvgIpc) is 3.09. The summed E-state index contributed by atoms with van der Waals surface area (Å²) in [7, 11) is -5.71. The zero-order chi connectivity index (χ0) is 40.4. The molecule has 12 heteroatoms. The SMILES string of the molecule is CCCCCCCC(=O)Nc1cc(NS(=O)(=O)c2c(C(C)C)cc(C(C)C)cc2C(C)C)ccc1Nc1ccc(N(CC)CCN(C)S(C)(=O)=O)cc1C. The Kier molecular flexibility index (Phi) is 16.4. The fraction of sp³-hybridized carbons (Fsp3) is 0.548. The zero-order valence-electron chi connectivity index (χ0n) is 34.5. The summed E-state index contributed by atoms with van der Waals surface area (Å²) in [5, 5.41) is 6.54. The lowest BCUT2D eigenvalue weighted by Gasteiger charge is -2.26. The predicted octanol–water partition coefficient (Wildman–Crippen LogP) is 9.93. The Morgan fingerprint density at radius 1 is 0.741 bits per heavy atom. The van der Waals surface area contributed by atoms with Crippen molar-refractivity contribution in [3.63, 3.8) is 0 Å². The molecule has 0 saturated heterocycles. The van der Waals surface area contributed by atoms with E-state index in [4.69, 9.17) is 0 Å². The molecule has 10 nitrogen and oxygen atoms in total. The highest BCUT2D eigenvalue weighted by molar-refractivity contribution is 7.92. The van der Waals surface area contributed by atoms with Crippen molar-refractivity contribution < 1.29 is 21.6 Å². The van der Waals surface area contributed by atoms with Crippen LogP contribution in [-0.2, 0) is 24.8 Å². The first kappa shape index (κ1) is 44.8. The average molecular weight is 784 g/mol. The van der Waals surface area contributed by atoms with E-state index in [0.29, 0.717) is 48.0 Å². The van der Waals surface area contributed by atoms with Crippen molar-refractivity contribution in [3.8, 4) is 0 Å². The molecule has 0 aliphatic heterocycles. The van der Waals surface area contributed by atoms with Crippen molar-refractivity contribution >= 4 is 54.4 Å². The van der Waals surface area contributed by atoms with Gasteiger partial charge in [-0.05, 0) is 96.7 Å². The Balaban J connectivity index is 2.00. The van der Waals surface area contributed by atoms with Crippen LogP contribution in [0.3, 0.4) is 0 Å². The van der Waals surface area contributed by atoms with Gasteiger partial charge in [-0.1, -0.05) is 86.3 Å². The molecule has 3 rings (SSSR count). The van der Waals surface area contributed by atoms with Gasteiger partial charge in [0.25, 0.3) is 10.0 Å². The topological polar surface area (TPSA) is 128 Å². The number of hydrogen-bond donors (Lipinski definition) is 3. The van der Waals surface area contributed by atoms with Gasteiger partial charge in [0.1, 0.15) is 0 Å². The van der Waals surface area contributed by atoms with Crippen molar-refractivity contribution in [2.75, 3.05) is 53.2 Å². The van der Waals surface area contributed by atoms with Crippen LogP contribution in [-0.4, -0.2) is 60.0 Å². The molecule has 0 fully saturated rings. The maximum absolute atomic E-state index is 14.3. The molecule has 0 saturated carbocycles. The lowest BCUT2D eigenvalue weighted by Crippen LogP contribution is -2.35. The number of nitrogens with zero attached hydrogens (tertiary/aromatic N) is 2. The van der Waals surface area contributed by atoms with Gasteiger partial charge in [0.2, 0.25) is 15.9 Å². The second-order valence-corrected chi connectivity index (χ2v) is 19.1. The van der Waals surface area contributed by atoms with Gasteiger partial charge in [-0.15, -0.1) is 0 Å². The monoisotopic (exact) mass is 783 g/mol. The molecule has 300 valence electrons. The highest BCUT2D eigenvalue weighted by atomic mass is 32.2. The van der Waals surface area contributed by atoms with E-state index < -0.39 is 20.0 Å². The van der Waals surface area contributed by atoms with E-state index in [9.17, 15) is 21.6 Å². The van der Waals surface area contributed by atoms with Crippen LogP contribution in [0.4, 0.5) is 28.4 Å². The molecule has 0 spiro atoms. The van der Waals surface area contributed by atoms with E-state index in [1.807, 2.05) is 71.9 Å². The molecule has 0 radical (unpaired) electrons. The molecule has 0 aromatic heterocycles. The lowest BCUT2D eigenvalue weighted by atomic mass is 9.89. The number of carbonyl (C=O) groups excluding carboxylic acids is 1. The first-order chi connectivity index (χ1) is 25.3. The summed E-state index contributed by atoms with van der Waals surface area (Å²) in [6.07, 6.45) is 6.67. The molecule has 54 heavy (non-hydrogen) atoms. The Morgan fingerprint density at radius 3 is 1.89 bits per heavy atom. The molecule has 0 aliphatic rings. The maximum atomic E-state index is 14.3. The number of anilines is 5. The van der Waals surface area contributed by atoms with E-state index in [1.165, 1.54) is 10.6 Å². The van der Waals surface area contributed by atoms with Gasteiger partial charge in [-0.2, -0.15) is 0 Å². The number of carbonyl (C=O) groups is 1. The maximum Gasteiger partial charge on any atom is 0.262 e. The Bertz CT molecular complexity index is 1910. The van der Waals surface area contributed by atoms with Gasteiger partial charge < -0.3 is 15.5 Å². The van der Waals surface area contributed by atoms with Gasteiger partial charge in [-0.3, -0.25) is 9.52 Å². The van der Waals surface area contributed by atoms with Crippen molar-refractivity contribution in [1.82, 2.24) is 4.31 Å². The van der Waals surface area contributed by atoms with Gasteiger partial charge in [0.15, 0.2) is 0 Å². The van der Waals surface area contributed by atoms with Crippen LogP contribution in [0.5, 0.6) is 0 Å². The number of aryl methyl sites for hydroxylation is 1. The molecule has 0 atom stereocenters. The molecular weight excluding hydrogens is 719 g/mol. The van der Waals surface area contributed by atoms with E-state index in [-0.39, 0.29) is 23.7 Å². The molecule has 3 aromatic carbocycles. The van der Waals surface area contributed by atoms with E-state index in [1.54, 1.807) is 25.2 Å². The molecule has 0 heterocycles. The quantitative estimate of drug-likeness (QED) is 0.0918. The van der Waals surface area contributed by atoms with Gasteiger partial charge in [0, 0.05) is 44.5 Å². The van der Waals surface area contributed by atoms with Crippen LogP contribution < -0.4 is 20.3 Å². The number of benzene rings is 3. The Labute approximate surface area is 326 Å². The van der Waals surface area contributed by atoms with Crippen LogP contribution >= 0.6 is 0 Å². The third-order valence-electron chi connectivity index (χ3n) is 9.88. The lowest BCUT2D eigenvalue weighted by molar-refractivity contribution is -0.116. The molecule has 0 bridgehead atoms. The van der Waals surface area contributed by atoms with Crippen molar-refractivity contribution in [2.24, 2.45) is 0 Å². The number of hydrogen-bond acceptors (Lipinski definition) is 7. The molecule has 1 amide bonds. The third kappa shape index (κ3) is 12.5. The second-order valence-electron chi connectivity index (χ2n) is 15.4. The normalized spacial score (nSPS) is 12.2. The summed E-state index contributed by atoms with van der Waals surface area (Å²) >= 11 is 0. The van der Waals surface area contributed by atoms with E-state index >= 15 is 0 Å². The van der Waals surface area contributed by atoms with Gasteiger partial charge >= 0.3 is 0 Å². The Hall–Kier alpha value is -3.61. The van der Waals surface area contributed by atoms with Gasteiger partial charge in [-0.25, -0.2) is 21.1 Å².